The summed E-state index contributed by atoms with van der Waals surface area (Å²) in [5.74, 6) is -0.680. The second-order valence-electron chi connectivity index (χ2n) is 6.51. The Morgan fingerprint density at radius 2 is 1.88 bits per heavy atom. The monoisotopic (exact) mass is 400 g/mol. The van der Waals surface area contributed by atoms with Crippen LogP contribution < -0.4 is 5.32 Å². The summed E-state index contributed by atoms with van der Waals surface area (Å²) in [5, 5.41) is 3.69. The van der Waals surface area contributed by atoms with E-state index in [0.29, 0.717) is 17.2 Å². The van der Waals surface area contributed by atoms with Gasteiger partial charge in [-0.25, -0.2) is 0 Å². The molecule has 1 fully saturated rings. The van der Waals surface area contributed by atoms with Gasteiger partial charge in [-0.15, -0.1) is 11.6 Å². The molecule has 1 aliphatic carbocycles. The first-order chi connectivity index (χ1) is 12.6. The van der Waals surface area contributed by atoms with Crippen LogP contribution in [0.25, 0.3) is 0 Å². The lowest BCUT2D eigenvalue weighted by Crippen LogP contribution is -2.48. The van der Waals surface area contributed by atoms with E-state index in [1.54, 1.807) is 31.4 Å². The third-order valence-electron chi connectivity index (χ3n) is 4.67. The molecule has 0 radical (unpaired) electrons. The third-order valence-corrected chi connectivity index (χ3v) is 5.15. The van der Waals surface area contributed by atoms with Gasteiger partial charge in [-0.05, 0) is 30.5 Å². The molecule has 0 saturated heterocycles. The van der Waals surface area contributed by atoms with E-state index in [4.69, 9.17) is 27.9 Å². The van der Waals surface area contributed by atoms with Crippen molar-refractivity contribution in [2.45, 2.75) is 44.2 Å². The molecule has 5 nitrogen and oxygen atoms in total. The molecule has 1 aliphatic rings. The highest BCUT2D eigenvalue weighted by Gasteiger charge is 2.32. The zero-order valence-electron chi connectivity index (χ0n) is 15.0. The number of hydrogen-bond acceptors (Lipinski definition) is 3. The SMILES string of the molecule is COCCN(C(=O)CCl)C(C(=O)NC1CCCCC1)c1ccc(Cl)cc1. The minimum absolute atomic E-state index is 0.154. The van der Waals surface area contributed by atoms with Crippen molar-refractivity contribution in [1.29, 1.82) is 0 Å². The molecule has 1 aromatic rings. The fraction of sp³-hybridized carbons (Fsp3) is 0.579. The Labute approximate surface area is 165 Å². The smallest absolute Gasteiger partial charge is 0.247 e. The summed E-state index contributed by atoms with van der Waals surface area (Å²) in [6, 6.07) is 6.38. The van der Waals surface area contributed by atoms with Crippen molar-refractivity contribution in [2.24, 2.45) is 0 Å². The average molecular weight is 401 g/mol. The molecule has 0 aliphatic heterocycles. The Morgan fingerprint density at radius 1 is 1.23 bits per heavy atom. The molecule has 0 aromatic heterocycles. The minimum atomic E-state index is -0.754. The molecule has 2 rings (SSSR count). The van der Waals surface area contributed by atoms with E-state index in [9.17, 15) is 9.59 Å². The van der Waals surface area contributed by atoms with Gasteiger partial charge in [0.05, 0.1) is 6.61 Å². The van der Waals surface area contributed by atoms with Gasteiger partial charge >= 0.3 is 0 Å². The number of halogens is 2. The molecule has 0 heterocycles. The van der Waals surface area contributed by atoms with Crippen LogP contribution in [0.15, 0.2) is 24.3 Å². The minimum Gasteiger partial charge on any atom is -0.383 e. The van der Waals surface area contributed by atoms with Gasteiger partial charge in [-0.1, -0.05) is 43.0 Å². The van der Waals surface area contributed by atoms with E-state index in [-0.39, 0.29) is 30.3 Å². The van der Waals surface area contributed by atoms with E-state index >= 15 is 0 Å². The van der Waals surface area contributed by atoms with E-state index in [0.717, 1.165) is 25.7 Å². The van der Waals surface area contributed by atoms with Crippen LogP contribution in [0.2, 0.25) is 5.02 Å². The lowest BCUT2D eigenvalue weighted by molar-refractivity contribution is -0.140. The fourth-order valence-electron chi connectivity index (χ4n) is 3.31. The largest absolute Gasteiger partial charge is 0.383 e. The summed E-state index contributed by atoms with van der Waals surface area (Å²) in [7, 11) is 1.56. The van der Waals surface area contributed by atoms with Crippen molar-refractivity contribution in [2.75, 3.05) is 26.1 Å². The number of carbonyl (C=O) groups is 2. The maximum absolute atomic E-state index is 13.1. The molecule has 1 atom stereocenters. The number of rotatable bonds is 8. The molecule has 1 N–H and O–H groups in total. The summed E-state index contributed by atoms with van der Waals surface area (Å²) in [4.78, 5) is 27.0. The summed E-state index contributed by atoms with van der Waals surface area (Å²) in [6.45, 7) is 0.608. The summed E-state index contributed by atoms with van der Waals surface area (Å²) in [5.41, 5.74) is 0.706. The number of hydrogen-bond donors (Lipinski definition) is 1. The maximum Gasteiger partial charge on any atom is 0.247 e. The lowest BCUT2D eigenvalue weighted by Gasteiger charge is -2.33. The zero-order valence-corrected chi connectivity index (χ0v) is 16.6. The highest BCUT2D eigenvalue weighted by Crippen LogP contribution is 2.25. The summed E-state index contributed by atoms with van der Waals surface area (Å²) < 4.78 is 5.11. The maximum atomic E-state index is 13.1. The van der Waals surface area contributed by atoms with Gasteiger partial charge < -0.3 is 15.0 Å². The van der Waals surface area contributed by atoms with Gasteiger partial charge in [-0.3, -0.25) is 9.59 Å². The quantitative estimate of drug-likeness (QED) is 0.678. The standard InChI is InChI=1S/C19H26Cl2N2O3/c1-26-12-11-23(17(24)13-20)18(14-7-9-15(21)10-8-14)19(25)22-16-5-3-2-4-6-16/h7-10,16,18H,2-6,11-13H2,1H3,(H,22,25). The van der Waals surface area contributed by atoms with Crippen LogP contribution >= 0.6 is 23.2 Å². The van der Waals surface area contributed by atoms with Crippen molar-refractivity contribution in [3.05, 3.63) is 34.9 Å². The van der Waals surface area contributed by atoms with Gasteiger partial charge in [0, 0.05) is 24.7 Å². The number of alkyl halides is 1. The summed E-state index contributed by atoms with van der Waals surface area (Å²) >= 11 is 11.8. The Hall–Kier alpha value is -1.30. The molecular formula is C19H26Cl2N2O3. The first kappa shape index (κ1) is 21.0. The Balaban J connectivity index is 2.27. The van der Waals surface area contributed by atoms with Crippen LogP contribution in [-0.2, 0) is 14.3 Å². The Bertz CT molecular complexity index is 589. The van der Waals surface area contributed by atoms with Crippen LogP contribution in [0.1, 0.15) is 43.7 Å². The van der Waals surface area contributed by atoms with Crippen molar-refractivity contribution in [3.63, 3.8) is 0 Å². The molecule has 26 heavy (non-hydrogen) atoms. The Kier molecular flexibility index (Phi) is 8.69. The molecule has 0 spiro atoms. The van der Waals surface area contributed by atoms with Gasteiger partial charge in [0.25, 0.3) is 0 Å². The molecule has 1 unspecified atom stereocenters. The van der Waals surface area contributed by atoms with Crippen molar-refractivity contribution in [3.8, 4) is 0 Å². The van der Waals surface area contributed by atoms with Crippen LogP contribution in [-0.4, -0.2) is 48.9 Å². The number of ether oxygens (including phenoxy) is 1. The molecular weight excluding hydrogens is 375 g/mol. The molecule has 7 heteroatoms. The van der Waals surface area contributed by atoms with Gasteiger partial charge in [0.1, 0.15) is 11.9 Å². The number of methoxy groups -OCH3 is 1. The van der Waals surface area contributed by atoms with Crippen LogP contribution in [0.5, 0.6) is 0 Å². The first-order valence-electron chi connectivity index (χ1n) is 8.97. The van der Waals surface area contributed by atoms with Crippen LogP contribution in [0, 0.1) is 0 Å². The van der Waals surface area contributed by atoms with Crippen LogP contribution in [0.3, 0.4) is 0 Å². The lowest BCUT2D eigenvalue weighted by atomic mass is 9.94. The molecule has 2 amide bonds. The molecule has 0 bridgehead atoms. The van der Waals surface area contributed by atoms with Crippen molar-refractivity contribution >= 4 is 35.0 Å². The topological polar surface area (TPSA) is 58.6 Å². The van der Waals surface area contributed by atoms with Gasteiger partial charge in [0.15, 0.2) is 0 Å². The van der Waals surface area contributed by atoms with Crippen molar-refractivity contribution < 1.29 is 14.3 Å². The third kappa shape index (κ3) is 5.86. The fourth-order valence-corrected chi connectivity index (χ4v) is 3.59. The zero-order chi connectivity index (χ0) is 18.9. The van der Waals surface area contributed by atoms with Gasteiger partial charge in [-0.2, -0.15) is 0 Å². The highest BCUT2D eigenvalue weighted by atomic mass is 35.5. The highest BCUT2D eigenvalue weighted by molar-refractivity contribution is 6.30. The first-order valence-corrected chi connectivity index (χ1v) is 9.88. The van der Waals surface area contributed by atoms with Crippen LogP contribution in [0.4, 0.5) is 0 Å². The number of carbonyl (C=O) groups excluding carboxylic acids is 2. The van der Waals surface area contributed by atoms with E-state index in [2.05, 4.69) is 5.32 Å². The molecule has 1 saturated carbocycles. The Morgan fingerprint density at radius 3 is 2.46 bits per heavy atom. The number of amides is 2. The van der Waals surface area contributed by atoms with Crippen molar-refractivity contribution in [1.82, 2.24) is 10.2 Å². The van der Waals surface area contributed by atoms with E-state index in [1.165, 1.54) is 11.3 Å². The second kappa shape index (κ2) is 10.8. The van der Waals surface area contributed by atoms with E-state index < -0.39 is 6.04 Å². The molecule has 144 valence electrons. The predicted molar refractivity (Wildman–Crippen MR) is 104 cm³/mol. The number of nitrogens with zero attached hydrogens (tertiary/aromatic N) is 1. The van der Waals surface area contributed by atoms with E-state index in [1.807, 2.05) is 0 Å². The predicted octanol–water partition coefficient (Wildman–Crippen LogP) is 3.54. The number of benzene rings is 1. The average Bonchev–Trinajstić information content (AvgIpc) is 2.66. The second-order valence-corrected chi connectivity index (χ2v) is 7.21. The molecule has 1 aromatic carbocycles. The number of nitrogens with one attached hydrogen (secondary N) is 1. The summed E-state index contributed by atoms with van der Waals surface area (Å²) in [6.07, 6.45) is 5.38. The normalized spacial score (nSPS) is 16.1. The van der Waals surface area contributed by atoms with Gasteiger partial charge in [0.2, 0.25) is 11.8 Å².